The normalized spacial score (nSPS) is 11.0. The minimum absolute atomic E-state index is 0.491. The molecule has 0 aliphatic rings. The van der Waals surface area contributed by atoms with Gasteiger partial charge in [-0.2, -0.15) is 0 Å². The SMILES string of the molecule is CCCC(c1ccc[nH]1)c1ccc[nH]1. The standard InChI is InChI=1S/C12H16N2/c1-2-5-10(11-6-3-8-13-11)12-7-4-9-14-12/h3-4,6-10,13-14H,2,5H2,1H3. The van der Waals surface area contributed by atoms with E-state index in [2.05, 4.69) is 41.2 Å². The van der Waals surface area contributed by atoms with E-state index in [1.807, 2.05) is 12.4 Å². The predicted molar refractivity (Wildman–Crippen MR) is 58.3 cm³/mol. The lowest BCUT2D eigenvalue weighted by Crippen LogP contribution is -2.01. The predicted octanol–water partition coefficient (Wildman–Crippen LogP) is 3.27. The molecule has 0 aromatic carbocycles. The number of aromatic nitrogens is 2. The second-order valence-corrected chi connectivity index (χ2v) is 3.59. The smallest absolute Gasteiger partial charge is 0.0391 e. The number of hydrogen-bond acceptors (Lipinski definition) is 0. The summed E-state index contributed by atoms with van der Waals surface area (Å²) in [6.07, 6.45) is 6.35. The first-order valence-electron chi connectivity index (χ1n) is 5.18. The van der Waals surface area contributed by atoms with Gasteiger partial charge >= 0.3 is 0 Å². The average molecular weight is 188 g/mol. The largest absolute Gasteiger partial charge is 0.364 e. The van der Waals surface area contributed by atoms with Crippen LogP contribution in [-0.4, -0.2) is 9.97 Å². The number of H-pyrrole nitrogens is 2. The Labute approximate surface area is 84.4 Å². The molecule has 0 saturated heterocycles. The van der Waals surface area contributed by atoms with E-state index in [0.717, 1.165) is 0 Å². The molecule has 0 atom stereocenters. The van der Waals surface area contributed by atoms with Gasteiger partial charge in [-0.25, -0.2) is 0 Å². The van der Waals surface area contributed by atoms with Crippen molar-refractivity contribution in [3.05, 3.63) is 48.0 Å². The third kappa shape index (κ3) is 1.74. The molecule has 0 spiro atoms. The first kappa shape index (κ1) is 9.13. The Bertz CT molecular complexity index is 311. The highest BCUT2D eigenvalue weighted by Crippen LogP contribution is 2.26. The van der Waals surface area contributed by atoms with Gasteiger partial charge in [0.05, 0.1) is 0 Å². The maximum Gasteiger partial charge on any atom is 0.0391 e. The zero-order valence-electron chi connectivity index (χ0n) is 8.46. The van der Waals surface area contributed by atoms with E-state index in [4.69, 9.17) is 0 Å². The number of hydrogen-bond donors (Lipinski definition) is 2. The Hall–Kier alpha value is -1.44. The maximum absolute atomic E-state index is 3.29. The summed E-state index contributed by atoms with van der Waals surface area (Å²) in [6.45, 7) is 2.22. The summed E-state index contributed by atoms with van der Waals surface area (Å²) in [4.78, 5) is 6.58. The van der Waals surface area contributed by atoms with Crippen LogP contribution in [0.3, 0.4) is 0 Å². The van der Waals surface area contributed by atoms with Crippen molar-refractivity contribution in [2.45, 2.75) is 25.7 Å². The lowest BCUT2D eigenvalue weighted by atomic mass is 9.96. The molecule has 2 heterocycles. The topological polar surface area (TPSA) is 31.6 Å². The van der Waals surface area contributed by atoms with Gasteiger partial charge < -0.3 is 9.97 Å². The van der Waals surface area contributed by atoms with Crippen molar-refractivity contribution in [3.8, 4) is 0 Å². The molecule has 2 rings (SSSR count). The summed E-state index contributed by atoms with van der Waals surface area (Å²) in [7, 11) is 0. The van der Waals surface area contributed by atoms with Crippen molar-refractivity contribution >= 4 is 0 Å². The first-order chi connectivity index (χ1) is 6.92. The van der Waals surface area contributed by atoms with Crippen LogP contribution in [0.25, 0.3) is 0 Å². The highest BCUT2D eigenvalue weighted by molar-refractivity contribution is 5.23. The van der Waals surface area contributed by atoms with E-state index < -0.39 is 0 Å². The Morgan fingerprint density at radius 3 is 2.00 bits per heavy atom. The lowest BCUT2D eigenvalue weighted by molar-refractivity contribution is 0.670. The van der Waals surface area contributed by atoms with Crippen molar-refractivity contribution < 1.29 is 0 Å². The highest BCUT2D eigenvalue weighted by Gasteiger charge is 2.13. The van der Waals surface area contributed by atoms with Gasteiger partial charge in [0.2, 0.25) is 0 Å². The molecule has 0 amide bonds. The lowest BCUT2D eigenvalue weighted by Gasteiger charge is -2.12. The molecule has 0 radical (unpaired) electrons. The molecule has 2 heteroatoms. The monoisotopic (exact) mass is 188 g/mol. The van der Waals surface area contributed by atoms with Crippen LogP contribution in [0.1, 0.15) is 37.1 Å². The molecule has 0 aliphatic carbocycles. The maximum atomic E-state index is 3.29. The minimum atomic E-state index is 0.491. The zero-order chi connectivity index (χ0) is 9.80. The fourth-order valence-corrected chi connectivity index (χ4v) is 1.89. The van der Waals surface area contributed by atoms with E-state index in [9.17, 15) is 0 Å². The molecule has 0 fully saturated rings. The average Bonchev–Trinajstić information content (AvgIpc) is 2.87. The van der Waals surface area contributed by atoms with E-state index >= 15 is 0 Å². The Kier molecular flexibility index (Phi) is 2.73. The van der Waals surface area contributed by atoms with Gasteiger partial charge in [-0.1, -0.05) is 13.3 Å². The number of nitrogens with one attached hydrogen (secondary N) is 2. The van der Waals surface area contributed by atoms with Crippen molar-refractivity contribution in [2.75, 3.05) is 0 Å². The molecular weight excluding hydrogens is 172 g/mol. The van der Waals surface area contributed by atoms with Gasteiger partial charge in [0.1, 0.15) is 0 Å². The highest BCUT2D eigenvalue weighted by atomic mass is 14.7. The van der Waals surface area contributed by atoms with Crippen LogP contribution >= 0.6 is 0 Å². The molecule has 74 valence electrons. The van der Waals surface area contributed by atoms with Crippen LogP contribution in [0.2, 0.25) is 0 Å². The van der Waals surface area contributed by atoms with Gasteiger partial charge in [-0.05, 0) is 30.7 Å². The Morgan fingerprint density at radius 1 is 1.07 bits per heavy atom. The fourth-order valence-electron chi connectivity index (χ4n) is 1.89. The third-order valence-corrected chi connectivity index (χ3v) is 2.57. The van der Waals surface area contributed by atoms with Crippen molar-refractivity contribution in [1.29, 1.82) is 0 Å². The van der Waals surface area contributed by atoms with E-state index in [-0.39, 0.29) is 0 Å². The van der Waals surface area contributed by atoms with Gasteiger partial charge in [-0.3, -0.25) is 0 Å². The minimum Gasteiger partial charge on any atom is -0.364 e. The van der Waals surface area contributed by atoms with E-state index in [1.165, 1.54) is 24.2 Å². The first-order valence-corrected chi connectivity index (χ1v) is 5.18. The summed E-state index contributed by atoms with van der Waals surface area (Å²) in [5, 5.41) is 0. The van der Waals surface area contributed by atoms with E-state index in [0.29, 0.717) is 5.92 Å². The van der Waals surface area contributed by atoms with Crippen molar-refractivity contribution in [1.82, 2.24) is 9.97 Å². The Morgan fingerprint density at radius 2 is 1.64 bits per heavy atom. The zero-order valence-corrected chi connectivity index (χ0v) is 8.46. The van der Waals surface area contributed by atoms with Crippen molar-refractivity contribution in [3.63, 3.8) is 0 Å². The van der Waals surface area contributed by atoms with Crippen LogP contribution in [0, 0.1) is 0 Å². The molecule has 2 N–H and O–H groups in total. The van der Waals surface area contributed by atoms with Gasteiger partial charge in [0.25, 0.3) is 0 Å². The summed E-state index contributed by atoms with van der Waals surface area (Å²) in [6, 6.07) is 8.42. The molecule has 2 aromatic heterocycles. The second kappa shape index (κ2) is 4.18. The van der Waals surface area contributed by atoms with Crippen LogP contribution in [0.4, 0.5) is 0 Å². The molecule has 14 heavy (non-hydrogen) atoms. The van der Waals surface area contributed by atoms with Crippen LogP contribution in [0.15, 0.2) is 36.7 Å². The molecule has 2 nitrogen and oxygen atoms in total. The molecular formula is C12H16N2. The quantitative estimate of drug-likeness (QED) is 0.738. The van der Waals surface area contributed by atoms with Crippen LogP contribution in [0.5, 0.6) is 0 Å². The molecule has 2 aromatic rings. The number of aromatic amines is 2. The van der Waals surface area contributed by atoms with Gasteiger partial charge in [0.15, 0.2) is 0 Å². The van der Waals surface area contributed by atoms with E-state index in [1.54, 1.807) is 0 Å². The summed E-state index contributed by atoms with van der Waals surface area (Å²) in [5.41, 5.74) is 2.60. The van der Waals surface area contributed by atoms with Gasteiger partial charge in [-0.15, -0.1) is 0 Å². The summed E-state index contributed by atoms with van der Waals surface area (Å²) < 4.78 is 0. The summed E-state index contributed by atoms with van der Waals surface area (Å²) in [5.74, 6) is 0.491. The molecule has 0 aliphatic heterocycles. The number of rotatable bonds is 4. The summed E-state index contributed by atoms with van der Waals surface area (Å²) >= 11 is 0. The second-order valence-electron chi connectivity index (χ2n) is 3.59. The van der Waals surface area contributed by atoms with Crippen LogP contribution in [-0.2, 0) is 0 Å². The van der Waals surface area contributed by atoms with Crippen molar-refractivity contribution in [2.24, 2.45) is 0 Å². The molecule has 0 unspecified atom stereocenters. The molecule has 0 bridgehead atoms. The third-order valence-electron chi connectivity index (χ3n) is 2.57. The fraction of sp³-hybridized carbons (Fsp3) is 0.333. The van der Waals surface area contributed by atoms with Crippen LogP contribution < -0.4 is 0 Å². The van der Waals surface area contributed by atoms with Gasteiger partial charge in [0, 0.05) is 29.7 Å². The molecule has 0 saturated carbocycles. The Balaban J connectivity index is 2.25.